The van der Waals surface area contributed by atoms with Crippen molar-refractivity contribution in [1.29, 1.82) is 0 Å². The first-order valence-corrected chi connectivity index (χ1v) is 19.8. The van der Waals surface area contributed by atoms with Crippen molar-refractivity contribution in [2.24, 2.45) is 5.92 Å². The molecule has 0 radical (unpaired) electrons. The van der Waals surface area contributed by atoms with Crippen LogP contribution in [0.15, 0.2) is 108 Å². The number of aliphatic hydroxyl groups is 1. The number of H-pyrrole nitrogens is 1. The van der Waals surface area contributed by atoms with Gasteiger partial charge < -0.3 is 40.0 Å². The van der Waals surface area contributed by atoms with E-state index in [9.17, 15) is 24.6 Å². The number of aromatic hydroxyl groups is 1. The van der Waals surface area contributed by atoms with Gasteiger partial charge in [-0.25, -0.2) is 9.59 Å². The first-order chi connectivity index (χ1) is 27.8. The van der Waals surface area contributed by atoms with E-state index in [-0.39, 0.29) is 23.4 Å². The largest absolute Gasteiger partial charge is 0.506 e. The number of hydrogen-bond acceptors (Lipinski definition) is 10. The molecular weight excluding hydrogens is 725 g/mol. The molecule has 57 heavy (non-hydrogen) atoms. The molecule has 8 rings (SSSR count). The Kier molecular flexibility index (Phi) is 13.2. The summed E-state index contributed by atoms with van der Waals surface area (Å²) in [5.41, 5.74) is 3.76. The molecule has 3 aliphatic heterocycles. The number of carbonyl (C=O) groups excluding carboxylic acids is 2. The number of nitrogens with one attached hydrogen (secondary N) is 3. The van der Waals surface area contributed by atoms with Crippen LogP contribution in [-0.2, 0) is 16.1 Å². The molecule has 298 valence electrons. The summed E-state index contributed by atoms with van der Waals surface area (Å²) in [6.45, 7) is 4.53. The van der Waals surface area contributed by atoms with Gasteiger partial charge in [-0.05, 0) is 116 Å². The van der Waals surface area contributed by atoms with Crippen molar-refractivity contribution in [3.05, 3.63) is 141 Å². The maximum Gasteiger partial charge on any atom is 0.408 e. The second-order valence-corrected chi connectivity index (χ2v) is 14.8. The van der Waals surface area contributed by atoms with Crippen molar-refractivity contribution in [2.45, 2.75) is 57.0 Å². The van der Waals surface area contributed by atoms with Gasteiger partial charge in [-0.2, -0.15) is 0 Å². The number of aliphatic hydroxyl groups excluding tert-OH is 1. The van der Waals surface area contributed by atoms with Gasteiger partial charge in [0.25, 0.3) is 0 Å². The number of alkyl carbamates (subject to hydrolysis) is 1. The molecule has 12 nitrogen and oxygen atoms in total. The fourth-order valence-electron chi connectivity index (χ4n) is 7.70. The van der Waals surface area contributed by atoms with E-state index < -0.39 is 18.2 Å². The number of esters is 1. The number of aromatic nitrogens is 1. The lowest BCUT2D eigenvalue weighted by molar-refractivity contribution is -0.0336. The average molecular weight is 775 g/mol. The lowest BCUT2D eigenvalue weighted by Crippen LogP contribution is -2.52. The monoisotopic (exact) mass is 774 g/mol. The van der Waals surface area contributed by atoms with E-state index in [1.54, 1.807) is 24.3 Å². The van der Waals surface area contributed by atoms with Gasteiger partial charge in [0.1, 0.15) is 24.2 Å². The number of hydrogen-bond donors (Lipinski definition) is 5. The normalized spacial score (nSPS) is 18.4. The molecule has 3 aliphatic rings. The van der Waals surface area contributed by atoms with Crippen molar-refractivity contribution in [3.63, 3.8) is 0 Å². The molecule has 0 saturated carbocycles. The highest BCUT2D eigenvalue weighted by molar-refractivity contribution is 5.89. The summed E-state index contributed by atoms with van der Waals surface area (Å²) in [5.74, 6) is 0.645. The van der Waals surface area contributed by atoms with Crippen molar-refractivity contribution < 1.29 is 34.0 Å². The molecule has 12 heteroatoms. The highest BCUT2D eigenvalue weighted by atomic mass is 16.6. The number of ether oxygens (including phenoxy) is 3. The summed E-state index contributed by atoms with van der Waals surface area (Å²) < 4.78 is 17.6. The van der Waals surface area contributed by atoms with E-state index in [4.69, 9.17) is 14.2 Å². The highest BCUT2D eigenvalue weighted by Crippen LogP contribution is 2.31. The standard InChI is InChI=1S/C45H50N4O8/c50-38-18-16-36(37-17-19-41(52)47-43(37)38)39(51)27-46-22-5-2-6-25-55-44(53)33-14-12-30(13-15-33)29-56-35-11-7-10-34(26-35)42(32-8-3-1-4-9-32)48-45(54)57-40-28-49-23-20-31(40)21-24-49/h1,3-4,7-19,26,31,39-40,42,46,50-51H,2,5-6,20-25,27-29H2,(H,47,52)(H,48,54). The van der Waals surface area contributed by atoms with Crippen LogP contribution in [0, 0.1) is 5.92 Å². The Balaban J connectivity index is 0.825. The van der Waals surface area contributed by atoms with Crippen LogP contribution < -0.4 is 20.9 Å². The lowest BCUT2D eigenvalue weighted by Gasteiger charge is -2.43. The molecule has 5 N–H and O–H groups in total. The minimum Gasteiger partial charge on any atom is -0.506 e. The van der Waals surface area contributed by atoms with Gasteiger partial charge in [-0.1, -0.05) is 60.7 Å². The van der Waals surface area contributed by atoms with E-state index in [2.05, 4.69) is 20.5 Å². The van der Waals surface area contributed by atoms with Crippen molar-refractivity contribution in [2.75, 3.05) is 39.3 Å². The Morgan fingerprint density at radius 3 is 2.44 bits per heavy atom. The Hall–Kier alpha value is -5.69. The van der Waals surface area contributed by atoms with Crippen LogP contribution in [0.5, 0.6) is 11.5 Å². The lowest BCUT2D eigenvalue weighted by atomic mass is 9.86. The number of nitrogens with zero attached hydrogens (tertiary/aromatic N) is 1. The molecule has 3 saturated heterocycles. The minimum absolute atomic E-state index is 0.0454. The smallest absolute Gasteiger partial charge is 0.408 e. The van der Waals surface area contributed by atoms with Crippen molar-refractivity contribution >= 4 is 23.0 Å². The summed E-state index contributed by atoms with van der Waals surface area (Å²) in [5, 5.41) is 27.7. The molecule has 2 bridgehead atoms. The molecule has 3 atom stereocenters. The summed E-state index contributed by atoms with van der Waals surface area (Å²) in [6.07, 6.45) is 3.19. The van der Waals surface area contributed by atoms with Gasteiger partial charge in [-0.3, -0.25) is 9.69 Å². The van der Waals surface area contributed by atoms with Crippen LogP contribution in [0.1, 0.15) is 76.9 Å². The van der Waals surface area contributed by atoms with Crippen LogP contribution in [0.2, 0.25) is 0 Å². The maximum absolute atomic E-state index is 13.2. The van der Waals surface area contributed by atoms with Gasteiger partial charge >= 0.3 is 12.1 Å². The number of pyridine rings is 1. The van der Waals surface area contributed by atoms with Gasteiger partial charge in [0, 0.05) is 24.5 Å². The van der Waals surface area contributed by atoms with Crippen molar-refractivity contribution in [1.82, 2.24) is 20.5 Å². The number of unbranched alkanes of at least 4 members (excludes halogenated alkanes) is 2. The molecule has 0 spiro atoms. The summed E-state index contributed by atoms with van der Waals surface area (Å²) in [4.78, 5) is 42.5. The third kappa shape index (κ3) is 10.4. The molecule has 1 aromatic heterocycles. The van der Waals surface area contributed by atoms with Gasteiger partial charge in [0.05, 0.1) is 29.8 Å². The quantitative estimate of drug-likeness (QED) is 0.0530. The number of benzene rings is 4. The minimum atomic E-state index is -0.817. The van der Waals surface area contributed by atoms with E-state index in [0.717, 1.165) is 62.0 Å². The zero-order chi connectivity index (χ0) is 39.6. The van der Waals surface area contributed by atoms with Gasteiger partial charge in [0.2, 0.25) is 5.56 Å². The molecule has 4 aromatic carbocycles. The third-order valence-electron chi connectivity index (χ3n) is 10.9. The number of amides is 1. The highest BCUT2D eigenvalue weighted by Gasteiger charge is 2.37. The number of piperidine rings is 3. The molecular formula is C45H50N4O8. The zero-order valence-corrected chi connectivity index (χ0v) is 31.9. The second kappa shape index (κ2) is 19.0. The Labute approximate surface area is 331 Å². The summed E-state index contributed by atoms with van der Waals surface area (Å²) in [7, 11) is 0. The molecule has 0 aliphatic carbocycles. The average Bonchev–Trinajstić information content (AvgIpc) is 3.24. The fourth-order valence-corrected chi connectivity index (χ4v) is 7.70. The van der Waals surface area contributed by atoms with Crippen LogP contribution in [0.3, 0.4) is 0 Å². The summed E-state index contributed by atoms with van der Waals surface area (Å²) >= 11 is 0. The van der Waals surface area contributed by atoms with Crippen molar-refractivity contribution in [3.8, 4) is 11.5 Å². The second-order valence-electron chi connectivity index (χ2n) is 14.8. The number of rotatable bonds is 17. The fraction of sp³-hybridized carbons (Fsp3) is 0.356. The number of fused-ring (bicyclic) bond motifs is 4. The Bertz CT molecular complexity index is 2170. The van der Waals surface area contributed by atoms with Gasteiger partial charge in [0.15, 0.2) is 0 Å². The molecule has 3 unspecified atom stereocenters. The number of aromatic amines is 1. The third-order valence-corrected chi connectivity index (χ3v) is 10.9. The Morgan fingerprint density at radius 2 is 1.67 bits per heavy atom. The SMILES string of the molecule is O=C(NC(c1ccccc1)c1cccc(OCc2ccc(C(=O)OCCCCCNCC(O)c3ccc(O)c4[nH]c(=O)ccc34)cc2)c1)OC1CN2CCC1CC2. The van der Waals surface area contributed by atoms with E-state index in [1.807, 2.05) is 66.7 Å². The number of phenolic OH excluding ortho intramolecular Hbond substituents is 1. The van der Waals surface area contributed by atoms with Gasteiger partial charge in [-0.15, -0.1) is 0 Å². The zero-order valence-electron chi connectivity index (χ0n) is 31.9. The van der Waals surface area contributed by atoms with Crippen LogP contribution in [0.25, 0.3) is 10.9 Å². The first-order valence-electron chi connectivity index (χ1n) is 19.8. The molecule has 3 fully saturated rings. The topological polar surface area (TPSA) is 162 Å². The van der Waals surface area contributed by atoms with E-state index in [1.165, 1.54) is 12.1 Å². The number of carbonyl (C=O) groups is 2. The van der Waals surface area contributed by atoms with Crippen LogP contribution in [-0.4, -0.2) is 77.6 Å². The van der Waals surface area contributed by atoms with Crippen LogP contribution >= 0.6 is 0 Å². The van der Waals surface area contributed by atoms with E-state index >= 15 is 0 Å². The van der Waals surface area contributed by atoms with E-state index in [0.29, 0.717) is 66.4 Å². The molecule has 4 heterocycles. The van der Waals surface area contributed by atoms with Crippen LogP contribution in [0.4, 0.5) is 4.79 Å². The first kappa shape index (κ1) is 39.5. The molecule has 1 amide bonds. The Morgan fingerprint density at radius 1 is 0.877 bits per heavy atom. The molecule has 5 aromatic rings. The number of phenols is 1. The predicted molar refractivity (Wildman–Crippen MR) is 216 cm³/mol. The summed E-state index contributed by atoms with van der Waals surface area (Å²) in [6, 6.07) is 30.3. The maximum atomic E-state index is 13.2. The predicted octanol–water partition coefficient (Wildman–Crippen LogP) is 6.37.